The lowest BCUT2D eigenvalue weighted by molar-refractivity contribution is 0.0947. The van der Waals surface area contributed by atoms with Gasteiger partial charge in [-0.25, -0.2) is 4.98 Å². The van der Waals surface area contributed by atoms with E-state index in [-0.39, 0.29) is 5.91 Å². The maximum atomic E-state index is 12.6. The van der Waals surface area contributed by atoms with Crippen molar-refractivity contribution in [1.82, 2.24) is 25.1 Å². The molecule has 0 atom stereocenters. The number of carbonyl (C=O) groups excluding carboxylic acids is 1. The number of aromatic amines is 1. The maximum absolute atomic E-state index is 12.6. The fraction of sp³-hybridized carbons (Fsp3) is 0.450. The molecule has 1 aliphatic rings. The van der Waals surface area contributed by atoms with E-state index in [1.807, 2.05) is 18.2 Å². The van der Waals surface area contributed by atoms with Crippen LogP contribution in [-0.2, 0) is 30.5 Å². The third-order valence-corrected chi connectivity index (χ3v) is 5.16. The van der Waals surface area contributed by atoms with Gasteiger partial charge in [0.05, 0.1) is 17.6 Å². The molecule has 0 spiro atoms. The highest BCUT2D eigenvalue weighted by atomic mass is 16.5. The quantitative estimate of drug-likeness (QED) is 0.671. The molecule has 7 nitrogen and oxygen atoms in total. The number of methoxy groups -OCH3 is 1. The average Bonchev–Trinajstić information content (AvgIpc) is 3.27. The summed E-state index contributed by atoms with van der Waals surface area (Å²) in [5.74, 6) is 0.853. The van der Waals surface area contributed by atoms with Crippen LogP contribution in [-0.4, -0.2) is 45.9 Å². The Morgan fingerprint density at radius 1 is 1.30 bits per heavy atom. The lowest BCUT2D eigenvalue weighted by Gasteiger charge is -2.11. The number of aromatic nitrogens is 4. The zero-order valence-corrected chi connectivity index (χ0v) is 15.6. The van der Waals surface area contributed by atoms with Crippen LogP contribution in [0.2, 0.25) is 0 Å². The largest absolute Gasteiger partial charge is 0.383 e. The standard InChI is InChI=1S/C20H25N5O2/c1-27-13-12-25-17-9-5-4-8-16(17)22-18(25)10-11-21-20(26)19-14-6-2-3-7-15(14)23-24-19/h4-5,8-9H,2-3,6-7,10-13H2,1H3,(H,21,26)(H,23,24). The summed E-state index contributed by atoms with van der Waals surface area (Å²) in [4.78, 5) is 17.3. The summed E-state index contributed by atoms with van der Waals surface area (Å²) in [6, 6.07) is 8.08. The van der Waals surface area contributed by atoms with Crippen molar-refractivity contribution in [2.45, 2.75) is 38.6 Å². The zero-order chi connectivity index (χ0) is 18.6. The predicted octanol–water partition coefficient (Wildman–Crippen LogP) is 2.26. The van der Waals surface area contributed by atoms with Gasteiger partial charge in [-0.05, 0) is 37.8 Å². The molecular weight excluding hydrogens is 342 g/mol. The van der Waals surface area contributed by atoms with E-state index in [1.165, 1.54) is 0 Å². The molecule has 142 valence electrons. The van der Waals surface area contributed by atoms with Crippen LogP contribution < -0.4 is 5.32 Å². The van der Waals surface area contributed by atoms with Crippen molar-refractivity contribution < 1.29 is 9.53 Å². The molecule has 0 unspecified atom stereocenters. The van der Waals surface area contributed by atoms with Crippen molar-refractivity contribution >= 4 is 16.9 Å². The first-order chi connectivity index (χ1) is 13.3. The lowest BCUT2D eigenvalue weighted by Crippen LogP contribution is -2.28. The number of fused-ring (bicyclic) bond motifs is 2. The SMILES string of the molecule is COCCn1c(CCNC(=O)c2n[nH]c3c2CCCC3)nc2ccccc21. The van der Waals surface area contributed by atoms with Gasteiger partial charge in [-0.1, -0.05) is 12.1 Å². The molecule has 2 aromatic heterocycles. The third kappa shape index (κ3) is 3.60. The van der Waals surface area contributed by atoms with Crippen LogP contribution in [0.25, 0.3) is 11.0 Å². The first kappa shape index (κ1) is 17.7. The van der Waals surface area contributed by atoms with Gasteiger partial charge >= 0.3 is 0 Å². The maximum Gasteiger partial charge on any atom is 0.272 e. The highest BCUT2D eigenvalue weighted by molar-refractivity contribution is 5.94. The fourth-order valence-corrected chi connectivity index (χ4v) is 3.79. The van der Waals surface area contributed by atoms with E-state index in [2.05, 4.69) is 26.1 Å². The summed E-state index contributed by atoms with van der Waals surface area (Å²) in [5, 5.41) is 10.3. The molecule has 27 heavy (non-hydrogen) atoms. The van der Waals surface area contributed by atoms with Crippen molar-refractivity contribution in [3.8, 4) is 0 Å². The molecular formula is C20H25N5O2. The Hall–Kier alpha value is -2.67. The predicted molar refractivity (Wildman–Crippen MR) is 103 cm³/mol. The Morgan fingerprint density at radius 3 is 3.04 bits per heavy atom. The second-order valence-corrected chi connectivity index (χ2v) is 6.90. The molecule has 2 N–H and O–H groups in total. The molecule has 1 amide bonds. The van der Waals surface area contributed by atoms with Gasteiger partial charge in [0.2, 0.25) is 0 Å². The van der Waals surface area contributed by atoms with Gasteiger partial charge in [0.1, 0.15) is 5.82 Å². The normalized spacial score (nSPS) is 13.7. The van der Waals surface area contributed by atoms with Gasteiger partial charge < -0.3 is 14.6 Å². The first-order valence-corrected chi connectivity index (χ1v) is 9.55. The van der Waals surface area contributed by atoms with E-state index >= 15 is 0 Å². The number of imidazole rings is 1. The molecule has 0 bridgehead atoms. The number of carbonyl (C=O) groups is 1. The molecule has 0 saturated heterocycles. The van der Waals surface area contributed by atoms with Crippen molar-refractivity contribution in [2.75, 3.05) is 20.3 Å². The Kier molecular flexibility index (Phi) is 5.20. The van der Waals surface area contributed by atoms with Gasteiger partial charge in [-0.3, -0.25) is 9.89 Å². The van der Waals surface area contributed by atoms with Crippen LogP contribution in [0.5, 0.6) is 0 Å². The number of hydrogen-bond donors (Lipinski definition) is 2. The summed E-state index contributed by atoms with van der Waals surface area (Å²) in [6.45, 7) is 1.89. The number of nitrogens with zero attached hydrogens (tertiary/aromatic N) is 3. The Labute approximate surface area is 158 Å². The van der Waals surface area contributed by atoms with Crippen LogP contribution in [0, 0.1) is 0 Å². The number of nitrogens with one attached hydrogen (secondary N) is 2. The molecule has 0 saturated carbocycles. The lowest BCUT2D eigenvalue weighted by atomic mass is 9.96. The Balaban J connectivity index is 1.44. The van der Waals surface area contributed by atoms with Gasteiger partial charge in [-0.2, -0.15) is 5.10 Å². The number of aryl methyl sites for hydroxylation is 1. The summed E-state index contributed by atoms with van der Waals surface area (Å²) in [7, 11) is 1.70. The second kappa shape index (κ2) is 7.92. The van der Waals surface area contributed by atoms with E-state index in [9.17, 15) is 4.79 Å². The minimum atomic E-state index is -0.103. The van der Waals surface area contributed by atoms with Crippen LogP contribution in [0.3, 0.4) is 0 Å². The molecule has 4 rings (SSSR count). The molecule has 3 aromatic rings. The van der Waals surface area contributed by atoms with Crippen molar-refractivity contribution in [2.24, 2.45) is 0 Å². The molecule has 1 aromatic carbocycles. The van der Waals surface area contributed by atoms with Crippen molar-refractivity contribution in [3.63, 3.8) is 0 Å². The minimum absolute atomic E-state index is 0.103. The van der Waals surface area contributed by atoms with Crippen molar-refractivity contribution in [1.29, 1.82) is 0 Å². The topological polar surface area (TPSA) is 84.8 Å². The van der Waals surface area contributed by atoms with Gasteiger partial charge in [-0.15, -0.1) is 0 Å². The number of rotatable bonds is 7. The van der Waals surface area contributed by atoms with Crippen LogP contribution in [0.1, 0.15) is 40.4 Å². The second-order valence-electron chi connectivity index (χ2n) is 6.90. The summed E-state index contributed by atoms with van der Waals surface area (Å²) in [5.41, 5.74) is 4.82. The average molecular weight is 367 g/mol. The number of ether oxygens (including phenoxy) is 1. The van der Waals surface area contributed by atoms with Crippen LogP contribution in [0.15, 0.2) is 24.3 Å². The number of amides is 1. The summed E-state index contributed by atoms with van der Waals surface area (Å²) >= 11 is 0. The summed E-state index contributed by atoms with van der Waals surface area (Å²) < 4.78 is 7.40. The van der Waals surface area contributed by atoms with E-state index in [0.29, 0.717) is 25.3 Å². The highest BCUT2D eigenvalue weighted by Crippen LogP contribution is 2.22. The first-order valence-electron chi connectivity index (χ1n) is 9.55. The molecule has 0 radical (unpaired) electrons. The molecule has 7 heteroatoms. The molecule has 0 aliphatic heterocycles. The molecule has 1 aliphatic carbocycles. The number of para-hydroxylation sites is 2. The Morgan fingerprint density at radius 2 is 2.15 bits per heavy atom. The van der Waals surface area contributed by atoms with E-state index in [4.69, 9.17) is 9.72 Å². The zero-order valence-electron chi connectivity index (χ0n) is 15.6. The van der Waals surface area contributed by atoms with Crippen molar-refractivity contribution in [3.05, 3.63) is 47.0 Å². The van der Waals surface area contributed by atoms with Gasteiger partial charge in [0.25, 0.3) is 5.91 Å². The molecule has 2 heterocycles. The number of H-pyrrole nitrogens is 1. The number of hydrogen-bond acceptors (Lipinski definition) is 4. The fourth-order valence-electron chi connectivity index (χ4n) is 3.79. The van der Waals surface area contributed by atoms with Crippen LogP contribution >= 0.6 is 0 Å². The van der Waals surface area contributed by atoms with E-state index in [1.54, 1.807) is 7.11 Å². The van der Waals surface area contributed by atoms with Gasteiger partial charge in [0.15, 0.2) is 5.69 Å². The smallest absolute Gasteiger partial charge is 0.272 e. The van der Waals surface area contributed by atoms with E-state index in [0.717, 1.165) is 60.3 Å². The Bertz CT molecular complexity index is 943. The summed E-state index contributed by atoms with van der Waals surface area (Å²) in [6.07, 6.45) is 4.86. The number of benzene rings is 1. The minimum Gasteiger partial charge on any atom is -0.383 e. The highest BCUT2D eigenvalue weighted by Gasteiger charge is 2.21. The monoisotopic (exact) mass is 367 g/mol. The van der Waals surface area contributed by atoms with Crippen LogP contribution in [0.4, 0.5) is 0 Å². The van der Waals surface area contributed by atoms with E-state index < -0.39 is 0 Å². The van der Waals surface area contributed by atoms with Gasteiger partial charge in [0, 0.05) is 37.9 Å². The molecule has 0 fully saturated rings. The third-order valence-electron chi connectivity index (χ3n) is 5.16.